The van der Waals surface area contributed by atoms with E-state index < -0.39 is 28.5 Å². The lowest BCUT2D eigenvalue weighted by atomic mass is 10.0. The van der Waals surface area contributed by atoms with Crippen molar-refractivity contribution in [3.63, 3.8) is 0 Å². The summed E-state index contributed by atoms with van der Waals surface area (Å²) in [6, 6.07) is 22.4. The third kappa shape index (κ3) is 9.22. The van der Waals surface area contributed by atoms with Crippen molar-refractivity contribution in [2.24, 2.45) is 0 Å². The molecule has 0 spiro atoms. The molecule has 0 saturated heterocycles. The maximum absolute atomic E-state index is 14.0. The van der Waals surface area contributed by atoms with Crippen molar-refractivity contribution in [1.29, 1.82) is 0 Å². The van der Waals surface area contributed by atoms with E-state index in [1.165, 1.54) is 4.90 Å². The monoisotopic (exact) mass is 681 g/mol. The highest BCUT2D eigenvalue weighted by Crippen LogP contribution is 2.22. The molecular weight excluding hydrogens is 649 g/mol. The zero-order valence-corrected chi connectivity index (χ0v) is 25.9. The minimum absolute atomic E-state index is 0.0785. The molecule has 10 heteroatoms. The Morgan fingerprint density at radius 1 is 0.974 bits per heavy atom. The highest BCUT2D eigenvalue weighted by Gasteiger charge is 2.33. The van der Waals surface area contributed by atoms with Crippen LogP contribution in [-0.4, -0.2) is 50.0 Å². The van der Waals surface area contributed by atoms with Crippen LogP contribution in [0.25, 0.3) is 0 Å². The van der Waals surface area contributed by atoms with E-state index in [1.807, 2.05) is 50.2 Å². The third-order valence-corrected chi connectivity index (χ3v) is 8.40. The predicted octanol–water partition coefficient (Wildman–Crippen LogP) is 5.27. The van der Waals surface area contributed by atoms with Gasteiger partial charge in [0, 0.05) is 27.6 Å². The second-order valence-electron chi connectivity index (χ2n) is 9.42. The summed E-state index contributed by atoms with van der Waals surface area (Å²) in [5.41, 5.74) is 1.98. The molecular formula is C29H33ClIN3O4S. The summed E-state index contributed by atoms with van der Waals surface area (Å²) in [4.78, 5) is 29.1. The van der Waals surface area contributed by atoms with Crippen LogP contribution in [0, 0.1) is 3.57 Å². The average Bonchev–Trinajstić information content (AvgIpc) is 2.89. The number of amides is 2. The number of hydrogen-bond donors (Lipinski definition) is 1. The van der Waals surface area contributed by atoms with E-state index in [4.69, 9.17) is 11.6 Å². The van der Waals surface area contributed by atoms with Crippen LogP contribution in [0.2, 0.25) is 5.02 Å². The summed E-state index contributed by atoms with van der Waals surface area (Å²) in [6.45, 7) is 3.50. The standard InChI is InChI=1S/C29H33ClIN3O4S/c1-4-21(2)32-29(36)27(18-22-9-6-5-7-10-22)33(19-23-11-8-12-24(30)17-23)28(35)20-34(39(3,37)38)26-15-13-25(31)14-16-26/h5-17,21,27H,4,18-20H2,1-3H3,(H,32,36)/t21-,27-/m1/s1. The summed E-state index contributed by atoms with van der Waals surface area (Å²) < 4.78 is 27.6. The SMILES string of the molecule is CC[C@@H](C)NC(=O)[C@@H](Cc1ccccc1)N(Cc1cccc(Cl)c1)C(=O)CN(c1ccc(I)cc1)S(C)(=O)=O. The molecule has 0 fully saturated rings. The Kier molecular flexibility index (Phi) is 11.2. The second kappa shape index (κ2) is 14.1. The fourth-order valence-electron chi connectivity index (χ4n) is 4.05. The zero-order valence-electron chi connectivity index (χ0n) is 22.2. The van der Waals surface area contributed by atoms with Gasteiger partial charge >= 0.3 is 0 Å². The number of benzene rings is 3. The van der Waals surface area contributed by atoms with Gasteiger partial charge in [-0.05, 0) is 83.5 Å². The highest BCUT2D eigenvalue weighted by atomic mass is 127. The van der Waals surface area contributed by atoms with E-state index in [0.29, 0.717) is 10.7 Å². The number of nitrogens with one attached hydrogen (secondary N) is 1. The van der Waals surface area contributed by atoms with Gasteiger partial charge in [-0.3, -0.25) is 13.9 Å². The van der Waals surface area contributed by atoms with Crippen molar-refractivity contribution in [3.8, 4) is 0 Å². The molecule has 0 aliphatic heterocycles. The predicted molar refractivity (Wildman–Crippen MR) is 165 cm³/mol. The van der Waals surface area contributed by atoms with Crippen LogP contribution in [-0.2, 0) is 32.6 Å². The minimum Gasteiger partial charge on any atom is -0.352 e. The highest BCUT2D eigenvalue weighted by molar-refractivity contribution is 14.1. The number of anilines is 1. The van der Waals surface area contributed by atoms with Crippen LogP contribution >= 0.6 is 34.2 Å². The van der Waals surface area contributed by atoms with Crippen LogP contribution in [0.5, 0.6) is 0 Å². The van der Waals surface area contributed by atoms with Gasteiger partial charge in [0.25, 0.3) is 0 Å². The minimum atomic E-state index is -3.81. The molecule has 39 heavy (non-hydrogen) atoms. The molecule has 3 rings (SSSR count). The molecule has 0 radical (unpaired) electrons. The van der Waals surface area contributed by atoms with Gasteiger partial charge in [0.1, 0.15) is 12.6 Å². The lowest BCUT2D eigenvalue weighted by molar-refractivity contribution is -0.140. The Labute approximate surface area is 249 Å². The number of sulfonamides is 1. The zero-order chi connectivity index (χ0) is 28.6. The van der Waals surface area contributed by atoms with E-state index in [9.17, 15) is 18.0 Å². The van der Waals surface area contributed by atoms with E-state index >= 15 is 0 Å². The first kappa shape index (κ1) is 30.9. The molecule has 0 aliphatic carbocycles. The van der Waals surface area contributed by atoms with Gasteiger partial charge < -0.3 is 10.2 Å². The molecule has 3 aromatic rings. The van der Waals surface area contributed by atoms with Crippen molar-refractivity contribution < 1.29 is 18.0 Å². The quantitative estimate of drug-likeness (QED) is 0.264. The van der Waals surface area contributed by atoms with Gasteiger partial charge in [-0.1, -0.05) is 61.0 Å². The molecule has 2 atom stereocenters. The summed E-state index contributed by atoms with van der Waals surface area (Å²) in [7, 11) is -3.81. The average molecular weight is 682 g/mol. The van der Waals surface area contributed by atoms with Gasteiger partial charge in [-0.15, -0.1) is 0 Å². The Morgan fingerprint density at radius 2 is 1.62 bits per heavy atom. The van der Waals surface area contributed by atoms with Crippen LogP contribution in [0.4, 0.5) is 5.69 Å². The summed E-state index contributed by atoms with van der Waals surface area (Å²) in [5, 5.41) is 3.51. The van der Waals surface area contributed by atoms with Crippen molar-refractivity contribution >= 4 is 61.7 Å². The first-order chi connectivity index (χ1) is 18.5. The van der Waals surface area contributed by atoms with Gasteiger partial charge in [-0.25, -0.2) is 8.42 Å². The van der Waals surface area contributed by atoms with Gasteiger partial charge in [-0.2, -0.15) is 0 Å². The fourth-order valence-corrected chi connectivity index (χ4v) is 5.47. The number of carbonyl (C=O) groups excluding carboxylic acids is 2. The first-order valence-electron chi connectivity index (χ1n) is 12.6. The summed E-state index contributed by atoms with van der Waals surface area (Å²) >= 11 is 8.37. The maximum Gasteiger partial charge on any atom is 0.244 e. The number of rotatable bonds is 12. The number of hydrogen-bond acceptors (Lipinski definition) is 4. The van der Waals surface area contributed by atoms with Crippen LogP contribution in [0.15, 0.2) is 78.9 Å². The van der Waals surface area contributed by atoms with Crippen molar-refractivity contribution in [2.45, 2.75) is 45.3 Å². The molecule has 0 aliphatic rings. The first-order valence-corrected chi connectivity index (χ1v) is 15.9. The van der Waals surface area contributed by atoms with Gasteiger partial charge in [0.15, 0.2) is 0 Å². The molecule has 1 N–H and O–H groups in total. The largest absolute Gasteiger partial charge is 0.352 e. The number of carbonyl (C=O) groups is 2. The number of halogens is 2. The second-order valence-corrected chi connectivity index (χ2v) is 13.0. The molecule has 0 heterocycles. The smallest absolute Gasteiger partial charge is 0.244 e. The maximum atomic E-state index is 14.0. The molecule has 0 aromatic heterocycles. The molecule has 0 bridgehead atoms. The molecule has 0 saturated carbocycles. The lowest BCUT2D eigenvalue weighted by Crippen LogP contribution is -2.54. The topological polar surface area (TPSA) is 86.8 Å². The Balaban J connectivity index is 2.05. The van der Waals surface area contributed by atoms with Gasteiger partial charge in [0.05, 0.1) is 11.9 Å². The molecule has 0 unspecified atom stereocenters. The van der Waals surface area contributed by atoms with Crippen molar-refractivity contribution in [2.75, 3.05) is 17.1 Å². The van der Waals surface area contributed by atoms with E-state index in [1.54, 1.807) is 42.5 Å². The Bertz CT molecular complexity index is 1370. The Morgan fingerprint density at radius 3 is 2.21 bits per heavy atom. The lowest BCUT2D eigenvalue weighted by Gasteiger charge is -2.34. The molecule has 3 aromatic carbocycles. The van der Waals surface area contributed by atoms with E-state index in [2.05, 4.69) is 27.9 Å². The molecule has 7 nitrogen and oxygen atoms in total. The van der Waals surface area contributed by atoms with E-state index in [0.717, 1.165) is 31.7 Å². The van der Waals surface area contributed by atoms with Gasteiger partial charge in [0.2, 0.25) is 21.8 Å². The van der Waals surface area contributed by atoms with Crippen molar-refractivity contribution in [1.82, 2.24) is 10.2 Å². The van der Waals surface area contributed by atoms with Crippen molar-refractivity contribution in [3.05, 3.63) is 98.6 Å². The van der Waals surface area contributed by atoms with Crippen LogP contribution in [0.1, 0.15) is 31.4 Å². The Hall–Kier alpha value is -2.63. The fraction of sp³-hybridized carbons (Fsp3) is 0.310. The summed E-state index contributed by atoms with van der Waals surface area (Å²) in [5.74, 6) is -0.803. The third-order valence-electron chi connectivity index (χ3n) is 6.31. The van der Waals surface area contributed by atoms with E-state index in [-0.39, 0.29) is 24.9 Å². The van der Waals surface area contributed by atoms with Crippen LogP contribution < -0.4 is 9.62 Å². The van der Waals surface area contributed by atoms with Crippen LogP contribution in [0.3, 0.4) is 0 Å². The number of nitrogens with zero attached hydrogens (tertiary/aromatic N) is 2. The molecule has 2 amide bonds. The summed E-state index contributed by atoms with van der Waals surface area (Å²) in [6.07, 6.45) is 2.05. The normalized spacial score (nSPS) is 12.8. The molecule has 208 valence electrons.